The summed E-state index contributed by atoms with van der Waals surface area (Å²) in [4.78, 5) is 0. The van der Waals surface area contributed by atoms with Gasteiger partial charge in [-0.2, -0.15) is 22.0 Å². The summed E-state index contributed by atoms with van der Waals surface area (Å²) < 4.78 is 192. The normalized spacial score (nSPS) is 12.2. The molecule has 0 bridgehead atoms. The first-order valence-corrected chi connectivity index (χ1v) is 15.2. The maximum Gasteiger partial charge on any atom is 0.432 e. The number of benzene rings is 5. The molecule has 0 fully saturated rings. The third kappa shape index (κ3) is 7.76. The van der Waals surface area contributed by atoms with E-state index in [2.05, 4.69) is 4.74 Å². The maximum atomic E-state index is 15.2. The van der Waals surface area contributed by atoms with E-state index in [-0.39, 0.29) is 41.5 Å². The number of rotatable bonds is 9. The van der Waals surface area contributed by atoms with Crippen LogP contribution in [0.2, 0.25) is 5.02 Å². The molecule has 0 saturated heterocycles. The van der Waals surface area contributed by atoms with Crippen LogP contribution in [-0.4, -0.2) is 0 Å². The number of aryl methyl sites for hydroxylation is 1. The Bertz CT molecular complexity index is 2120. The van der Waals surface area contributed by atoms with E-state index in [1.165, 1.54) is 12.1 Å². The number of alkyl halides is 5. The molecule has 1 nitrogen and oxygen atoms in total. The number of ether oxygens (including phenoxy) is 1. The Labute approximate surface area is 291 Å². The van der Waals surface area contributed by atoms with Gasteiger partial charge in [-0.3, -0.25) is 0 Å². The average Bonchev–Trinajstić information content (AvgIpc) is 2.99. The molecule has 0 aliphatic carbocycles. The lowest BCUT2D eigenvalue weighted by Crippen LogP contribution is -2.25. The van der Waals surface area contributed by atoms with E-state index in [1.54, 1.807) is 6.07 Å². The molecule has 0 saturated carbocycles. The Morgan fingerprint density at radius 2 is 1.08 bits per heavy atom. The fraction of sp³-hybridized carbons (Fsp3) is 0.135. The predicted molar refractivity (Wildman–Crippen MR) is 167 cm³/mol. The molecule has 5 aromatic rings. The van der Waals surface area contributed by atoms with E-state index in [1.807, 2.05) is 19.1 Å². The summed E-state index contributed by atoms with van der Waals surface area (Å²) in [6, 6.07) is 6.52. The molecule has 0 N–H and O–H groups in total. The molecular weight excluding hydrogens is 743 g/mol. The summed E-state index contributed by atoms with van der Waals surface area (Å²) in [5.41, 5.74) is -7.91. The van der Waals surface area contributed by atoms with E-state index < -0.39 is 103 Å². The molecule has 272 valence electrons. The number of halogens is 14. The van der Waals surface area contributed by atoms with Crippen molar-refractivity contribution < 1.29 is 61.8 Å². The van der Waals surface area contributed by atoms with E-state index in [0.717, 1.165) is 0 Å². The van der Waals surface area contributed by atoms with Gasteiger partial charge in [-0.1, -0.05) is 35.9 Å². The first kappa shape index (κ1) is 38.3. The fourth-order valence-corrected chi connectivity index (χ4v) is 5.74. The predicted octanol–water partition coefficient (Wildman–Crippen LogP) is 13.1. The van der Waals surface area contributed by atoms with Gasteiger partial charge in [-0.25, -0.2) is 35.1 Å². The van der Waals surface area contributed by atoms with Crippen LogP contribution in [0.4, 0.5) is 57.1 Å². The van der Waals surface area contributed by atoms with E-state index >= 15 is 26.3 Å². The van der Waals surface area contributed by atoms with E-state index in [9.17, 15) is 30.7 Å². The fourth-order valence-electron chi connectivity index (χ4n) is 5.44. The van der Waals surface area contributed by atoms with Crippen LogP contribution in [-0.2, 0) is 18.7 Å². The van der Waals surface area contributed by atoms with Gasteiger partial charge in [0, 0.05) is 17.2 Å². The monoisotopic (exact) mass is 762 g/mol. The van der Waals surface area contributed by atoms with Crippen LogP contribution in [0.25, 0.3) is 33.4 Å². The van der Waals surface area contributed by atoms with Gasteiger partial charge in [-0.15, -0.1) is 0 Å². The van der Waals surface area contributed by atoms with Gasteiger partial charge in [0.25, 0.3) is 0 Å². The average molecular weight is 763 g/mol. The minimum Gasteiger partial charge on any atom is -0.429 e. The summed E-state index contributed by atoms with van der Waals surface area (Å²) in [5, 5.41) is -0.907. The van der Waals surface area contributed by atoms with Gasteiger partial charge in [0.05, 0.1) is 10.6 Å². The highest BCUT2D eigenvalue weighted by molar-refractivity contribution is 6.33. The second-order valence-corrected chi connectivity index (χ2v) is 11.7. The number of hydrogen-bond acceptors (Lipinski definition) is 1. The van der Waals surface area contributed by atoms with Gasteiger partial charge in [0.1, 0.15) is 63.4 Å². The second kappa shape index (κ2) is 14.6. The highest BCUT2D eigenvalue weighted by Gasteiger charge is 2.42. The van der Waals surface area contributed by atoms with Crippen LogP contribution in [0.5, 0.6) is 5.75 Å². The zero-order chi connectivity index (χ0) is 38.3. The Kier molecular flexibility index (Phi) is 10.7. The van der Waals surface area contributed by atoms with Crippen molar-refractivity contribution in [1.82, 2.24) is 0 Å². The van der Waals surface area contributed by atoms with E-state index in [0.29, 0.717) is 36.6 Å². The molecular formula is C37H20ClF13O. The summed E-state index contributed by atoms with van der Waals surface area (Å²) in [6.45, 7) is 1.82. The van der Waals surface area contributed by atoms with Crippen LogP contribution in [0.1, 0.15) is 30.0 Å². The van der Waals surface area contributed by atoms with Gasteiger partial charge in [-0.05, 0) is 90.6 Å². The minimum atomic E-state index is -5.45. The van der Waals surface area contributed by atoms with Crippen LogP contribution in [0.3, 0.4) is 0 Å². The summed E-state index contributed by atoms with van der Waals surface area (Å²) in [6.07, 6.45) is -5.62. The van der Waals surface area contributed by atoms with Crippen molar-refractivity contribution in [3.05, 3.63) is 147 Å². The lowest BCUT2D eigenvalue weighted by Gasteiger charge is -2.21. The molecule has 0 aliphatic heterocycles. The molecule has 15 heteroatoms. The first-order chi connectivity index (χ1) is 24.3. The molecule has 0 radical (unpaired) electrons. The van der Waals surface area contributed by atoms with Crippen molar-refractivity contribution in [2.75, 3.05) is 0 Å². The van der Waals surface area contributed by atoms with Crippen molar-refractivity contribution in [2.45, 2.75) is 32.1 Å². The van der Waals surface area contributed by atoms with Crippen LogP contribution in [0.15, 0.2) is 78.9 Å². The second-order valence-electron chi connectivity index (χ2n) is 11.2. The summed E-state index contributed by atoms with van der Waals surface area (Å²) in [7, 11) is 0. The molecule has 5 rings (SSSR count). The number of hydrogen-bond donors (Lipinski definition) is 0. The van der Waals surface area contributed by atoms with Gasteiger partial charge in [0.15, 0.2) is 0 Å². The quantitative estimate of drug-likeness (QED) is 0.107. The zero-order valence-corrected chi connectivity index (χ0v) is 26.9. The van der Waals surface area contributed by atoms with E-state index in [4.69, 9.17) is 11.6 Å². The molecule has 5 aromatic carbocycles. The van der Waals surface area contributed by atoms with Crippen LogP contribution in [0, 0.1) is 46.5 Å². The lowest BCUT2D eigenvalue weighted by atomic mass is 9.96. The Morgan fingerprint density at radius 3 is 1.58 bits per heavy atom. The van der Waals surface area contributed by atoms with Crippen molar-refractivity contribution in [3.63, 3.8) is 0 Å². The van der Waals surface area contributed by atoms with Crippen molar-refractivity contribution in [3.8, 4) is 39.1 Å². The SMILES string of the molecule is CC=CCCc1ccc(-c2cc(F)c(-c3cc(F)c(C(F)(F)Oc4cc(F)c(-c5cc(F)c(C(F)(F)F)c(F)c5)c(Cl)c4)c(F)c3)c(F)c2)c(F)c1. The lowest BCUT2D eigenvalue weighted by molar-refractivity contribution is -0.189. The van der Waals surface area contributed by atoms with Crippen molar-refractivity contribution in [2.24, 2.45) is 0 Å². The standard InChI is InChI=1S/C37H20ClF13O/c1-2-3-4-5-17-6-7-22(24(39)8-17)18-9-25(40)33(26(41)10-18)20-13-30(45)35(31(46)14-20)37(50,51)52-21-15-23(38)32(27(42)16-21)19-11-28(43)34(29(44)12-19)36(47,48)49/h2-3,6-16H,4-5H2,1H3. The topological polar surface area (TPSA) is 9.23 Å². The summed E-state index contributed by atoms with van der Waals surface area (Å²) >= 11 is 5.87. The van der Waals surface area contributed by atoms with Crippen molar-refractivity contribution in [1.29, 1.82) is 0 Å². The van der Waals surface area contributed by atoms with Gasteiger partial charge in [0.2, 0.25) is 0 Å². The maximum absolute atomic E-state index is 15.2. The van der Waals surface area contributed by atoms with Crippen LogP contribution >= 0.6 is 11.6 Å². The highest BCUT2D eigenvalue weighted by atomic mass is 35.5. The Balaban J connectivity index is 1.43. The molecule has 0 unspecified atom stereocenters. The minimum absolute atomic E-state index is 0.0970. The number of allylic oxidation sites excluding steroid dienone is 2. The summed E-state index contributed by atoms with van der Waals surface area (Å²) in [5.74, 6) is -14.9. The smallest absolute Gasteiger partial charge is 0.429 e. The van der Waals surface area contributed by atoms with Crippen LogP contribution < -0.4 is 4.74 Å². The van der Waals surface area contributed by atoms with Crippen molar-refractivity contribution >= 4 is 11.6 Å². The van der Waals surface area contributed by atoms with Gasteiger partial charge >= 0.3 is 12.3 Å². The first-order valence-electron chi connectivity index (χ1n) is 14.8. The Hall–Kier alpha value is -4.98. The molecule has 0 aliphatic rings. The molecule has 0 aromatic heterocycles. The molecule has 0 heterocycles. The Morgan fingerprint density at radius 1 is 0.577 bits per heavy atom. The third-order valence-electron chi connectivity index (χ3n) is 7.72. The van der Waals surface area contributed by atoms with Gasteiger partial charge < -0.3 is 4.74 Å². The third-order valence-corrected chi connectivity index (χ3v) is 8.02. The zero-order valence-electron chi connectivity index (χ0n) is 26.1. The highest BCUT2D eigenvalue weighted by Crippen LogP contribution is 2.43. The molecule has 0 amide bonds. The molecule has 0 spiro atoms. The molecule has 0 atom stereocenters. The molecule has 52 heavy (non-hydrogen) atoms. The largest absolute Gasteiger partial charge is 0.432 e.